The Bertz CT molecular complexity index is 733. The minimum absolute atomic E-state index is 0. The fourth-order valence-electron chi connectivity index (χ4n) is 3.50. The molecule has 0 N–H and O–H groups in total. The topological polar surface area (TPSA) is 57.6 Å². The molecule has 0 radical (unpaired) electrons. The average Bonchev–Trinajstić information content (AvgIpc) is 2.93. The highest BCUT2D eigenvalue weighted by Crippen LogP contribution is 2.29. The molecule has 0 spiro atoms. The second kappa shape index (κ2) is 12.3. The number of hydrogen-bond donors (Lipinski definition) is 0. The van der Waals surface area contributed by atoms with E-state index in [1.54, 1.807) is 12.4 Å². The molecule has 0 bridgehead atoms. The third-order valence-corrected chi connectivity index (χ3v) is 5.04. The van der Waals surface area contributed by atoms with Gasteiger partial charge in [0.1, 0.15) is 0 Å². The number of anilines is 2. The molecule has 2 aromatic heterocycles. The van der Waals surface area contributed by atoms with Crippen LogP contribution in [0.4, 0.5) is 11.6 Å². The number of likely N-dealkylation sites (N-methyl/N-ethyl adjacent to an activating group) is 1. The molecule has 4 heterocycles. The van der Waals surface area contributed by atoms with Crippen molar-refractivity contribution in [3.05, 3.63) is 30.7 Å². The van der Waals surface area contributed by atoms with E-state index in [1.807, 2.05) is 18.3 Å². The summed E-state index contributed by atoms with van der Waals surface area (Å²) in [6.07, 6.45) is 6.62. The van der Waals surface area contributed by atoms with Crippen molar-refractivity contribution < 1.29 is 4.74 Å². The van der Waals surface area contributed by atoms with E-state index < -0.39 is 0 Å². The summed E-state index contributed by atoms with van der Waals surface area (Å²) in [7, 11) is 2.19. The highest BCUT2D eigenvalue weighted by atomic mass is 35.5. The highest BCUT2D eigenvalue weighted by Gasteiger charge is 2.23. The van der Waals surface area contributed by atoms with E-state index in [2.05, 4.69) is 26.7 Å². The molecule has 0 atom stereocenters. The van der Waals surface area contributed by atoms with Crippen LogP contribution in [-0.4, -0.2) is 79.4 Å². The van der Waals surface area contributed by atoms with Crippen molar-refractivity contribution in [2.24, 2.45) is 0 Å². The largest absolute Gasteiger partial charge is 0.378 e. The van der Waals surface area contributed by atoms with Crippen LogP contribution in [0.1, 0.15) is 6.42 Å². The van der Waals surface area contributed by atoms with Crippen molar-refractivity contribution in [3.8, 4) is 11.3 Å². The normalized spacial score (nSPS) is 17.4. The molecular weight excluding hydrogens is 435 g/mol. The molecule has 0 unspecified atom stereocenters. The predicted octanol–water partition coefficient (Wildman–Crippen LogP) is 2.78. The van der Waals surface area contributed by atoms with Crippen LogP contribution in [0.2, 0.25) is 0 Å². The van der Waals surface area contributed by atoms with Crippen molar-refractivity contribution in [2.45, 2.75) is 6.42 Å². The van der Waals surface area contributed by atoms with Gasteiger partial charge >= 0.3 is 0 Å². The monoisotopic (exact) mass is 462 g/mol. The molecule has 29 heavy (non-hydrogen) atoms. The standard InChI is InChI=1S/C19H26N6O.3ClH/c1-23-7-2-8-24(10-9-23)19-18(25-11-13-26-14-12-25)21-15-17(22-19)16-3-5-20-6-4-16;;;/h3-6,15H,2,7-14H2,1H3;3*1H. The second-order valence-electron chi connectivity index (χ2n) is 6.88. The lowest BCUT2D eigenvalue weighted by Gasteiger charge is -2.32. The predicted molar refractivity (Wildman–Crippen MR) is 124 cm³/mol. The first-order valence-corrected chi connectivity index (χ1v) is 9.35. The lowest BCUT2D eigenvalue weighted by atomic mass is 10.2. The Kier molecular flexibility index (Phi) is 10.9. The number of hydrogen-bond acceptors (Lipinski definition) is 7. The number of pyridine rings is 1. The molecule has 4 rings (SSSR count). The molecule has 10 heteroatoms. The van der Waals surface area contributed by atoms with E-state index in [0.29, 0.717) is 0 Å². The Labute approximate surface area is 191 Å². The fraction of sp³-hybridized carbons (Fsp3) is 0.526. The van der Waals surface area contributed by atoms with Crippen molar-refractivity contribution in [1.82, 2.24) is 19.9 Å². The summed E-state index contributed by atoms with van der Waals surface area (Å²) in [6.45, 7) is 7.38. The summed E-state index contributed by atoms with van der Waals surface area (Å²) >= 11 is 0. The molecule has 2 fully saturated rings. The Morgan fingerprint density at radius 3 is 2.24 bits per heavy atom. The van der Waals surface area contributed by atoms with Crippen LogP contribution in [0.25, 0.3) is 11.3 Å². The SMILES string of the molecule is CN1CCCN(c2nc(-c3ccncc3)cnc2N2CCOCC2)CC1.Cl.Cl.Cl. The van der Waals surface area contributed by atoms with Gasteiger partial charge in [-0.1, -0.05) is 0 Å². The maximum atomic E-state index is 5.52. The van der Waals surface area contributed by atoms with Gasteiger partial charge < -0.3 is 19.4 Å². The summed E-state index contributed by atoms with van der Waals surface area (Å²) in [4.78, 5) is 21.1. The molecule has 0 amide bonds. The molecule has 7 nitrogen and oxygen atoms in total. The van der Waals surface area contributed by atoms with Gasteiger partial charge in [-0.25, -0.2) is 9.97 Å². The van der Waals surface area contributed by atoms with E-state index in [0.717, 1.165) is 81.8 Å². The Balaban J connectivity index is 0.00000140. The van der Waals surface area contributed by atoms with Gasteiger partial charge in [0.05, 0.1) is 25.1 Å². The van der Waals surface area contributed by atoms with Gasteiger partial charge in [0.25, 0.3) is 0 Å². The molecule has 2 saturated heterocycles. The van der Waals surface area contributed by atoms with Gasteiger partial charge in [-0.2, -0.15) is 0 Å². The molecule has 2 aliphatic heterocycles. The molecule has 2 aliphatic rings. The van der Waals surface area contributed by atoms with Crippen LogP contribution in [0.15, 0.2) is 30.7 Å². The van der Waals surface area contributed by atoms with Gasteiger partial charge in [0.2, 0.25) is 0 Å². The number of aromatic nitrogens is 3. The van der Waals surface area contributed by atoms with E-state index in [-0.39, 0.29) is 37.2 Å². The number of rotatable bonds is 3. The van der Waals surface area contributed by atoms with Crippen molar-refractivity contribution >= 4 is 48.9 Å². The lowest BCUT2D eigenvalue weighted by Crippen LogP contribution is -2.39. The first kappa shape index (κ1) is 25.7. The van der Waals surface area contributed by atoms with Crippen molar-refractivity contribution in [3.63, 3.8) is 0 Å². The summed E-state index contributed by atoms with van der Waals surface area (Å²) in [6, 6.07) is 3.97. The first-order valence-electron chi connectivity index (χ1n) is 9.35. The number of halogens is 3. The zero-order valence-corrected chi connectivity index (χ0v) is 19.0. The summed E-state index contributed by atoms with van der Waals surface area (Å²) in [5.41, 5.74) is 1.95. The molecule has 0 saturated carbocycles. The minimum atomic E-state index is 0. The van der Waals surface area contributed by atoms with Crippen LogP contribution < -0.4 is 9.80 Å². The molecule has 0 aliphatic carbocycles. The molecule has 0 aromatic carbocycles. The van der Waals surface area contributed by atoms with E-state index in [9.17, 15) is 0 Å². The van der Waals surface area contributed by atoms with Crippen molar-refractivity contribution in [2.75, 3.05) is 69.3 Å². The quantitative estimate of drug-likeness (QED) is 0.693. The van der Waals surface area contributed by atoms with Crippen LogP contribution in [0.3, 0.4) is 0 Å². The van der Waals surface area contributed by atoms with Crippen LogP contribution in [0.5, 0.6) is 0 Å². The van der Waals surface area contributed by atoms with Crippen LogP contribution >= 0.6 is 37.2 Å². The fourth-order valence-corrected chi connectivity index (χ4v) is 3.50. The van der Waals surface area contributed by atoms with Gasteiger partial charge in [-0.05, 0) is 32.1 Å². The third-order valence-electron chi connectivity index (χ3n) is 5.04. The van der Waals surface area contributed by atoms with Crippen molar-refractivity contribution in [1.29, 1.82) is 0 Å². The minimum Gasteiger partial charge on any atom is -0.378 e. The highest BCUT2D eigenvalue weighted by molar-refractivity contribution is 5.86. The number of ether oxygens (including phenoxy) is 1. The first-order chi connectivity index (χ1) is 12.8. The zero-order valence-electron chi connectivity index (χ0n) is 16.6. The van der Waals surface area contributed by atoms with E-state index in [4.69, 9.17) is 14.7 Å². The lowest BCUT2D eigenvalue weighted by molar-refractivity contribution is 0.122. The summed E-state index contributed by atoms with van der Waals surface area (Å²) in [5.74, 6) is 1.98. The Hall–Kier alpha value is -1.38. The summed E-state index contributed by atoms with van der Waals surface area (Å²) < 4.78 is 5.52. The maximum Gasteiger partial charge on any atom is 0.172 e. The Morgan fingerprint density at radius 2 is 1.52 bits per heavy atom. The Morgan fingerprint density at radius 1 is 0.828 bits per heavy atom. The van der Waals surface area contributed by atoms with Crippen LogP contribution in [0, 0.1) is 0 Å². The molecular formula is C19H29Cl3N6O. The van der Waals surface area contributed by atoms with Crippen LogP contribution in [-0.2, 0) is 4.74 Å². The van der Waals surface area contributed by atoms with E-state index in [1.165, 1.54) is 0 Å². The van der Waals surface area contributed by atoms with Gasteiger partial charge in [0.15, 0.2) is 11.6 Å². The zero-order chi connectivity index (χ0) is 17.8. The van der Waals surface area contributed by atoms with Gasteiger partial charge in [-0.15, -0.1) is 37.2 Å². The average molecular weight is 464 g/mol. The third kappa shape index (κ3) is 6.30. The molecule has 2 aromatic rings. The smallest absolute Gasteiger partial charge is 0.172 e. The number of nitrogens with zero attached hydrogens (tertiary/aromatic N) is 6. The van der Waals surface area contributed by atoms with Gasteiger partial charge in [0, 0.05) is 50.7 Å². The molecule has 162 valence electrons. The number of morpholine rings is 1. The maximum absolute atomic E-state index is 5.52. The summed E-state index contributed by atoms with van der Waals surface area (Å²) in [5, 5.41) is 0. The second-order valence-corrected chi connectivity index (χ2v) is 6.88. The van der Waals surface area contributed by atoms with E-state index >= 15 is 0 Å². The van der Waals surface area contributed by atoms with Gasteiger partial charge in [-0.3, -0.25) is 4.98 Å².